The van der Waals surface area contributed by atoms with Gasteiger partial charge in [0, 0.05) is 12.3 Å². The molecule has 0 N–H and O–H groups in total. The molecule has 264 valence electrons. The Kier molecular flexibility index (Phi) is 8.55. The summed E-state index contributed by atoms with van der Waals surface area (Å²) in [6.07, 6.45) is 13.8. The van der Waals surface area contributed by atoms with E-state index >= 15 is 4.79 Å². The maximum Gasteiger partial charge on any atom is 0.313 e. The van der Waals surface area contributed by atoms with E-state index in [1.807, 2.05) is 36.4 Å². The first-order valence-corrected chi connectivity index (χ1v) is 19.3. The molecule has 0 amide bonds. The van der Waals surface area contributed by atoms with Gasteiger partial charge in [-0.3, -0.25) is 9.59 Å². The Hall–Kier alpha value is -2.88. The number of benzene rings is 2. The largest absolute Gasteiger partial charge is 0.465 e. The highest BCUT2D eigenvalue weighted by Gasteiger charge is 2.70. The molecule has 4 fully saturated rings. The molecule has 2 aromatic rings. The van der Waals surface area contributed by atoms with Gasteiger partial charge in [-0.05, 0) is 115 Å². The molecular formula is C45H60O4. The number of ether oxygens (including phenoxy) is 2. The van der Waals surface area contributed by atoms with E-state index in [1.165, 1.54) is 31.3 Å². The minimum Gasteiger partial charge on any atom is -0.465 e. The molecule has 2 unspecified atom stereocenters. The monoisotopic (exact) mass is 664 g/mol. The molecule has 0 heterocycles. The summed E-state index contributed by atoms with van der Waals surface area (Å²) < 4.78 is 13.0. The highest BCUT2D eigenvalue weighted by Crippen LogP contribution is 2.76. The highest BCUT2D eigenvalue weighted by molar-refractivity contribution is 5.79. The van der Waals surface area contributed by atoms with Crippen molar-refractivity contribution in [2.75, 3.05) is 6.61 Å². The molecular weight excluding hydrogens is 604 g/mol. The van der Waals surface area contributed by atoms with Crippen LogP contribution in [0.4, 0.5) is 0 Å². The second-order valence-corrected chi connectivity index (χ2v) is 18.9. The van der Waals surface area contributed by atoms with Crippen molar-refractivity contribution < 1.29 is 19.1 Å². The molecule has 0 spiro atoms. The Morgan fingerprint density at radius 1 is 0.776 bits per heavy atom. The number of carbonyl (C=O) groups excluding carboxylic acids is 2. The first-order chi connectivity index (χ1) is 23.2. The molecule has 7 atom stereocenters. The third kappa shape index (κ3) is 5.45. The van der Waals surface area contributed by atoms with Gasteiger partial charge in [0.25, 0.3) is 0 Å². The van der Waals surface area contributed by atoms with Gasteiger partial charge in [0.2, 0.25) is 0 Å². The molecule has 49 heavy (non-hydrogen) atoms. The summed E-state index contributed by atoms with van der Waals surface area (Å²) in [4.78, 5) is 27.7. The lowest BCUT2D eigenvalue weighted by molar-refractivity contribution is -0.205. The normalized spacial score (nSPS) is 37.4. The number of hydrogen-bond donors (Lipinski definition) is 0. The number of allylic oxidation sites excluding steroid dienone is 1. The zero-order valence-electron chi connectivity index (χ0n) is 31.3. The van der Waals surface area contributed by atoms with Crippen molar-refractivity contribution in [3.8, 4) is 0 Å². The molecule has 0 aliphatic heterocycles. The number of fused-ring (bicyclic) bond motifs is 7. The third-order valence-corrected chi connectivity index (χ3v) is 15.4. The van der Waals surface area contributed by atoms with E-state index in [9.17, 15) is 4.79 Å². The van der Waals surface area contributed by atoms with Crippen molar-refractivity contribution in [1.29, 1.82) is 0 Å². The Morgan fingerprint density at radius 2 is 1.41 bits per heavy atom. The summed E-state index contributed by atoms with van der Waals surface area (Å²) in [5.74, 6) is 1.03. The van der Waals surface area contributed by atoms with E-state index in [2.05, 4.69) is 71.9 Å². The molecule has 5 aliphatic rings. The van der Waals surface area contributed by atoms with Crippen LogP contribution in [0, 0.1) is 50.2 Å². The van der Waals surface area contributed by atoms with Crippen molar-refractivity contribution in [2.24, 2.45) is 50.2 Å². The minimum absolute atomic E-state index is 0.0144. The molecule has 2 aromatic carbocycles. The molecule has 7 rings (SSSR count). The van der Waals surface area contributed by atoms with Gasteiger partial charge in [0.1, 0.15) is 6.61 Å². The van der Waals surface area contributed by atoms with Crippen molar-refractivity contribution in [3.63, 3.8) is 0 Å². The quantitative estimate of drug-likeness (QED) is 0.228. The second-order valence-electron chi connectivity index (χ2n) is 18.9. The van der Waals surface area contributed by atoms with Crippen LogP contribution >= 0.6 is 0 Å². The first-order valence-electron chi connectivity index (χ1n) is 19.3. The van der Waals surface area contributed by atoms with Gasteiger partial charge in [0.05, 0.1) is 5.41 Å². The van der Waals surface area contributed by atoms with Crippen LogP contribution in [0.15, 0.2) is 72.3 Å². The number of rotatable bonds is 6. The summed E-state index contributed by atoms with van der Waals surface area (Å²) >= 11 is 0. The number of carbonyl (C=O) groups is 2. The predicted octanol–water partition coefficient (Wildman–Crippen LogP) is 11.1. The van der Waals surface area contributed by atoms with Crippen LogP contribution in [0.2, 0.25) is 0 Å². The van der Waals surface area contributed by atoms with Gasteiger partial charge < -0.3 is 9.47 Å². The van der Waals surface area contributed by atoms with Crippen LogP contribution in [-0.2, 0) is 19.1 Å². The van der Waals surface area contributed by atoms with Crippen LogP contribution in [0.3, 0.4) is 0 Å². The van der Waals surface area contributed by atoms with E-state index in [-0.39, 0.29) is 39.5 Å². The Balaban J connectivity index is 1.32. The molecule has 0 bridgehead atoms. The summed E-state index contributed by atoms with van der Waals surface area (Å²) in [5.41, 5.74) is 3.21. The first kappa shape index (κ1) is 34.6. The van der Waals surface area contributed by atoms with E-state index < -0.39 is 11.5 Å². The van der Waals surface area contributed by atoms with Crippen LogP contribution < -0.4 is 0 Å². The molecule has 4 saturated carbocycles. The van der Waals surface area contributed by atoms with Gasteiger partial charge in [-0.25, -0.2) is 0 Å². The summed E-state index contributed by atoms with van der Waals surface area (Å²) in [5, 5.41) is 0. The van der Waals surface area contributed by atoms with Crippen molar-refractivity contribution in [2.45, 2.75) is 125 Å². The summed E-state index contributed by atoms with van der Waals surface area (Å²) in [6.45, 7) is 16.9. The number of esters is 2. The van der Waals surface area contributed by atoms with Crippen LogP contribution in [-0.4, -0.2) is 18.5 Å². The predicted molar refractivity (Wildman–Crippen MR) is 195 cm³/mol. The topological polar surface area (TPSA) is 52.6 Å². The number of hydrogen-bond acceptors (Lipinski definition) is 4. The van der Waals surface area contributed by atoms with Crippen LogP contribution in [0.25, 0.3) is 0 Å². The lowest BCUT2D eigenvalue weighted by Crippen LogP contribution is -2.65. The van der Waals surface area contributed by atoms with Gasteiger partial charge in [-0.15, -0.1) is 0 Å². The van der Waals surface area contributed by atoms with Crippen molar-refractivity contribution in [3.05, 3.63) is 83.4 Å². The average molecular weight is 665 g/mol. The molecule has 0 saturated heterocycles. The standard InChI is InChI=1S/C45H60O4/c1-31(46)48-30-45-28-27-44(39(47)49-38(32-15-10-8-11-16-32)33-17-12-9-13-18-33)26-25-40(2,3)29-35(44)34(45)19-20-37-42(6)23-14-22-41(4,5)36(42)21-24-43(37,45)7/h8-13,15-19,35-38H,14,20-30H2,1-7H3/t35?,36?,37-,42+,43-,44+,45+/m1/s1. The Morgan fingerprint density at radius 3 is 2.04 bits per heavy atom. The second kappa shape index (κ2) is 12.1. The van der Waals surface area contributed by atoms with Gasteiger partial charge in [-0.2, -0.15) is 0 Å². The Bertz CT molecular complexity index is 1550. The van der Waals surface area contributed by atoms with Gasteiger partial charge >= 0.3 is 11.9 Å². The van der Waals surface area contributed by atoms with Crippen LogP contribution in [0.5, 0.6) is 0 Å². The van der Waals surface area contributed by atoms with Gasteiger partial charge in [-0.1, -0.05) is 120 Å². The molecule has 0 radical (unpaired) electrons. The fourth-order valence-corrected chi connectivity index (χ4v) is 12.9. The maximum atomic E-state index is 15.1. The van der Waals surface area contributed by atoms with Crippen molar-refractivity contribution >= 4 is 11.9 Å². The Labute approximate surface area is 295 Å². The highest BCUT2D eigenvalue weighted by atomic mass is 16.5. The fraction of sp³-hybridized carbons (Fsp3) is 0.644. The van der Waals surface area contributed by atoms with E-state index in [4.69, 9.17) is 9.47 Å². The maximum absolute atomic E-state index is 15.1. The molecule has 4 nitrogen and oxygen atoms in total. The average Bonchev–Trinajstić information content (AvgIpc) is 3.06. The summed E-state index contributed by atoms with van der Waals surface area (Å²) in [6, 6.07) is 20.4. The minimum atomic E-state index is -0.597. The fourth-order valence-electron chi connectivity index (χ4n) is 12.9. The van der Waals surface area contributed by atoms with Crippen molar-refractivity contribution in [1.82, 2.24) is 0 Å². The van der Waals surface area contributed by atoms with E-state index in [1.54, 1.807) is 6.92 Å². The van der Waals surface area contributed by atoms with E-state index in [0.29, 0.717) is 23.9 Å². The molecule has 5 aliphatic carbocycles. The molecule has 0 aromatic heterocycles. The zero-order valence-corrected chi connectivity index (χ0v) is 31.3. The lowest BCUT2D eigenvalue weighted by atomic mass is 9.33. The molecule has 4 heteroatoms. The van der Waals surface area contributed by atoms with Crippen LogP contribution in [0.1, 0.15) is 136 Å². The SMILES string of the molecule is CC(=O)OC[C@@]12CC[C@@]3(C(=O)OC(c4ccccc4)c4ccccc4)CCC(C)(C)CC3C1=CC[C@@H]1[C@@]3(C)CCCC(C)(C)C3CC[C@]12C. The zero-order chi connectivity index (χ0) is 34.9. The lowest BCUT2D eigenvalue weighted by Gasteiger charge is -2.71. The smallest absolute Gasteiger partial charge is 0.313 e. The van der Waals surface area contributed by atoms with Gasteiger partial charge in [0.15, 0.2) is 6.10 Å². The van der Waals surface area contributed by atoms with E-state index in [0.717, 1.165) is 56.1 Å². The third-order valence-electron chi connectivity index (χ3n) is 15.4. The summed E-state index contributed by atoms with van der Waals surface area (Å²) in [7, 11) is 0.